The van der Waals surface area contributed by atoms with Gasteiger partial charge in [0.05, 0.1) is 17.9 Å². The van der Waals surface area contributed by atoms with Gasteiger partial charge in [-0.1, -0.05) is 68.1 Å². The lowest BCUT2D eigenvalue weighted by Crippen LogP contribution is -2.52. The maximum atomic E-state index is 13.8. The van der Waals surface area contributed by atoms with E-state index in [1.54, 1.807) is 4.90 Å². The minimum Gasteiger partial charge on any atom is -0.490 e. The van der Waals surface area contributed by atoms with Crippen molar-refractivity contribution >= 4 is 29.1 Å². The van der Waals surface area contributed by atoms with Gasteiger partial charge in [-0.25, -0.2) is 4.99 Å². The largest absolute Gasteiger partial charge is 0.490 e. The fourth-order valence-electron chi connectivity index (χ4n) is 5.61. The van der Waals surface area contributed by atoms with Crippen LogP contribution in [0.4, 0.5) is 5.69 Å². The molecule has 3 unspecified atom stereocenters. The molecule has 2 heterocycles. The number of nitrogens with zero attached hydrogens (tertiary/aromatic N) is 2. The zero-order valence-corrected chi connectivity index (χ0v) is 20.8. The fraction of sp³-hybridized carbons (Fsp3) is 0.448. The molecule has 0 saturated heterocycles. The van der Waals surface area contributed by atoms with Gasteiger partial charge in [0.15, 0.2) is 0 Å². The number of rotatable bonds is 9. The van der Waals surface area contributed by atoms with Gasteiger partial charge in [-0.3, -0.25) is 14.4 Å². The predicted octanol–water partition coefficient (Wildman–Crippen LogP) is 3.02. The molecule has 37 heavy (non-hydrogen) atoms. The van der Waals surface area contributed by atoms with Crippen molar-refractivity contribution in [3.05, 3.63) is 59.7 Å². The van der Waals surface area contributed by atoms with Gasteiger partial charge in [-0.2, -0.15) is 0 Å². The van der Waals surface area contributed by atoms with E-state index in [0.29, 0.717) is 55.0 Å². The quantitative estimate of drug-likeness (QED) is 0.551. The number of hydrogen-bond acceptors (Lipinski definition) is 5. The number of benzene rings is 2. The molecular formula is C29H32N4O4. The van der Waals surface area contributed by atoms with Gasteiger partial charge in [0.25, 0.3) is 5.91 Å². The van der Waals surface area contributed by atoms with E-state index in [9.17, 15) is 14.4 Å². The SMILES string of the molecule is NC(=O)C(CC1CC1)C(CC1CC1)C(=O)NC1N=C(c2ccccc2)c2cccc3c2N(CCO3)C1=O. The Morgan fingerprint density at radius 3 is 2.38 bits per heavy atom. The summed E-state index contributed by atoms with van der Waals surface area (Å²) in [4.78, 5) is 46.6. The molecule has 6 rings (SSSR count). The van der Waals surface area contributed by atoms with E-state index in [0.717, 1.165) is 36.8 Å². The van der Waals surface area contributed by atoms with Crippen molar-refractivity contribution in [3.63, 3.8) is 0 Å². The van der Waals surface area contributed by atoms with Crippen LogP contribution in [0.1, 0.15) is 49.7 Å². The molecule has 2 aromatic carbocycles. The molecule has 2 aromatic rings. The number of para-hydroxylation sites is 1. The van der Waals surface area contributed by atoms with E-state index < -0.39 is 23.9 Å². The van der Waals surface area contributed by atoms with Crippen molar-refractivity contribution in [1.29, 1.82) is 0 Å². The maximum absolute atomic E-state index is 13.8. The summed E-state index contributed by atoms with van der Waals surface area (Å²) in [7, 11) is 0. The van der Waals surface area contributed by atoms with Crippen molar-refractivity contribution in [2.75, 3.05) is 18.1 Å². The topological polar surface area (TPSA) is 114 Å². The van der Waals surface area contributed by atoms with Crippen LogP contribution in [0.25, 0.3) is 0 Å². The van der Waals surface area contributed by atoms with Crippen LogP contribution < -0.4 is 20.7 Å². The molecule has 0 spiro atoms. The van der Waals surface area contributed by atoms with Crippen molar-refractivity contribution in [2.45, 2.75) is 44.7 Å². The number of ether oxygens (including phenoxy) is 1. The smallest absolute Gasteiger partial charge is 0.272 e. The third-order valence-corrected chi connectivity index (χ3v) is 7.94. The highest BCUT2D eigenvalue weighted by Crippen LogP contribution is 2.43. The summed E-state index contributed by atoms with van der Waals surface area (Å²) < 4.78 is 5.88. The maximum Gasteiger partial charge on any atom is 0.272 e. The van der Waals surface area contributed by atoms with E-state index in [4.69, 9.17) is 15.5 Å². The first kappa shape index (κ1) is 23.7. The first-order chi connectivity index (χ1) is 18.0. The van der Waals surface area contributed by atoms with Gasteiger partial charge >= 0.3 is 0 Å². The number of amides is 3. The van der Waals surface area contributed by atoms with Crippen LogP contribution in [0.5, 0.6) is 5.75 Å². The summed E-state index contributed by atoms with van der Waals surface area (Å²) in [5.41, 5.74) is 8.74. The summed E-state index contributed by atoms with van der Waals surface area (Å²) in [6.07, 6.45) is 4.40. The van der Waals surface area contributed by atoms with Crippen LogP contribution in [0.3, 0.4) is 0 Å². The number of nitrogens with two attached hydrogens (primary N) is 1. The molecule has 8 nitrogen and oxygen atoms in total. The van der Waals surface area contributed by atoms with Crippen LogP contribution in [-0.2, 0) is 14.4 Å². The van der Waals surface area contributed by atoms with E-state index in [-0.39, 0.29) is 11.8 Å². The van der Waals surface area contributed by atoms with Crippen LogP contribution in [0, 0.1) is 23.7 Å². The molecule has 4 aliphatic rings. The molecule has 192 valence electrons. The van der Waals surface area contributed by atoms with Gasteiger partial charge in [-0.15, -0.1) is 0 Å². The second kappa shape index (κ2) is 9.65. The van der Waals surface area contributed by atoms with Gasteiger partial charge in [-0.05, 0) is 30.7 Å². The lowest BCUT2D eigenvalue weighted by molar-refractivity contribution is -0.136. The standard InChI is InChI=1S/C29H32N4O4/c30-26(34)21(15-17-9-10-17)22(16-18-11-12-18)28(35)32-27-29(36)33-13-14-37-23-8-4-7-20(25(23)33)24(31-27)19-5-2-1-3-6-19/h1-8,17-18,21-22,27H,9-16H2,(H2,30,34)(H,32,35). The molecule has 2 aliphatic carbocycles. The summed E-state index contributed by atoms with van der Waals surface area (Å²) in [5, 5.41) is 2.95. The minimum absolute atomic E-state index is 0.306. The molecule has 2 aliphatic heterocycles. The third-order valence-electron chi connectivity index (χ3n) is 7.94. The van der Waals surface area contributed by atoms with Crippen molar-refractivity contribution in [3.8, 4) is 5.75 Å². The molecule has 3 amide bonds. The lowest BCUT2D eigenvalue weighted by atomic mass is 9.82. The van der Waals surface area contributed by atoms with Crippen molar-refractivity contribution < 1.29 is 19.1 Å². The zero-order valence-electron chi connectivity index (χ0n) is 20.8. The second-order valence-corrected chi connectivity index (χ2v) is 10.7. The molecule has 2 fully saturated rings. The Morgan fingerprint density at radius 1 is 1.00 bits per heavy atom. The number of carbonyl (C=O) groups is 3. The Kier molecular flexibility index (Phi) is 6.18. The molecule has 2 saturated carbocycles. The van der Waals surface area contributed by atoms with Crippen molar-refractivity contribution in [2.24, 2.45) is 34.4 Å². The Balaban J connectivity index is 1.36. The third kappa shape index (κ3) is 4.84. The second-order valence-electron chi connectivity index (χ2n) is 10.7. The van der Waals surface area contributed by atoms with Crippen molar-refractivity contribution in [1.82, 2.24) is 5.32 Å². The normalized spacial score (nSPS) is 22.2. The van der Waals surface area contributed by atoms with Gasteiger partial charge < -0.3 is 20.7 Å². The lowest BCUT2D eigenvalue weighted by Gasteiger charge is -2.31. The van der Waals surface area contributed by atoms with Gasteiger partial charge in [0.1, 0.15) is 12.4 Å². The average molecular weight is 501 g/mol. The first-order valence-electron chi connectivity index (χ1n) is 13.3. The Hall–Kier alpha value is -3.68. The molecule has 0 aromatic heterocycles. The Bertz CT molecular complexity index is 1250. The van der Waals surface area contributed by atoms with Crippen LogP contribution in [0.2, 0.25) is 0 Å². The summed E-state index contributed by atoms with van der Waals surface area (Å²) >= 11 is 0. The number of primary amides is 1. The average Bonchev–Trinajstić information content (AvgIpc) is 3.83. The predicted molar refractivity (Wildman–Crippen MR) is 139 cm³/mol. The van der Waals surface area contributed by atoms with Crippen LogP contribution in [-0.4, -0.2) is 42.8 Å². The number of nitrogens with one attached hydrogen (secondary N) is 1. The molecule has 3 N–H and O–H groups in total. The summed E-state index contributed by atoms with van der Waals surface area (Å²) in [6.45, 7) is 0.725. The van der Waals surface area contributed by atoms with Crippen LogP contribution >= 0.6 is 0 Å². The number of aliphatic imine (C=N–C) groups is 1. The van der Waals surface area contributed by atoms with E-state index >= 15 is 0 Å². The summed E-state index contributed by atoms with van der Waals surface area (Å²) in [6, 6.07) is 15.3. The first-order valence-corrected chi connectivity index (χ1v) is 13.3. The molecular weight excluding hydrogens is 468 g/mol. The molecule has 3 atom stereocenters. The molecule has 8 heteroatoms. The van der Waals surface area contributed by atoms with E-state index in [1.165, 1.54) is 0 Å². The molecule has 0 radical (unpaired) electrons. The number of carbonyl (C=O) groups excluding carboxylic acids is 3. The highest BCUT2D eigenvalue weighted by molar-refractivity contribution is 6.21. The Labute approximate surface area is 216 Å². The highest BCUT2D eigenvalue weighted by Gasteiger charge is 2.42. The number of hydrogen-bond donors (Lipinski definition) is 2. The van der Waals surface area contributed by atoms with E-state index in [1.807, 2.05) is 48.5 Å². The summed E-state index contributed by atoms with van der Waals surface area (Å²) in [5.74, 6) is -0.634. The van der Waals surface area contributed by atoms with Crippen LogP contribution in [0.15, 0.2) is 53.5 Å². The monoisotopic (exact) mass is 500 g/mol. The zero-order chi connectivity index (χ0) is 25.5. The number of anilines is 1. The Morgan fingerprint density at radius 2 is 1.70 bits per heavy atom. The highest BCUT2D eigenvalue weighted by atomic mass is 16.5. The fourth-order valence-corrected chi connectivity index (χ4v) is 5.61. The van der Waals surface area contributed by atoms with Gasteiger partial charge in [0.2, 0.25) is 18.0 Å². The minimum atomic E-state index is -1.11. The van der Waals surface area contributed by atoms with E-state index in [2.05, 4.69) is 5.32 Å². The van der Waals surface area contributed by atoms with Gasteiger partial charge in [0, 0.05) is 23.0 Å². The molecule has 0 bridgehead atoms.